The zero-order valence-corrected chi connectivity index (χ0v) is 53.3. The molecule has 2 heterocycles. The second-order valence-corrected chi connectivity index (χ2v) is 23.9. The van der Waals surface area contributed by atoms with E-state index >= 15 is 0 Å². The maximum atomic E-state index is 13.3. The molecule has 0 saturated carbocycles. The SMILES string of the molecule is CC/C=C\C/C=C\C/C=C\C/C=C\CCCCCCCCCCCCCCCCCCCCCCCCCCC(=O)NC(COC1OC(CO)C(OC2OC(CO)C(O)C(O)C2O)C(O)C1O)C(O)/C=C/CC/C=C/CC/C=C/CCCCCC. The van der Waals surface area contributed by atoms with Gasteiger partial charge in [0.1, 0.15) is 48.8 Å². The average Bonchev–Trinajstić information content (AvgIpc) is 3.65. The van der Waals surface area contributed by atoms with Gasteiger partial charge in [-0.2, -0.15) is 0 Å². The van der Waals surface area contributed by atoms with Crippen LogP contribution < -0.4 is 5.32 Å². The Kier molecular flexibility index (Phi) is 50.9. The summed E-state index contributed by atoms with van der Waals surface area (Å²) in [5.74, 6) is -0.252. The van der Waals surface area contributed by atoms with Crippen molar-refractivity contribution in [2.75, 3.05) is 19.8 Å². The van der Waals surface area contributed by atoms with Gasteiger partial charge in [-0.05, 0) is 83.5 Å². The molecule has 12 atom stereocenters. The van der Waals surface area contributed by atoms with Crippen molar-refractivity contribution < 1.29 is 64.6 Å². The van der Waals surface area contributed by atoms with Gasteiger partial charge in [0.2, 0.25) is 5.91 Å². The lowest BCUT2D eigenvalue weighted by atomic mass is 9.97. The molecule has 2 rings (SSSR count). The highest BCUT2D eigenvalue weighted by molar-refractivity contribution is 5.76. The fraction of sp³-hybridized carbons (Fsp3) is 0.789. The monoisotopic (exact) mass is 1200 g/mol. The second kappa shape index (κ2) is 55.3. The highest BCUT2D eigenvalue weighted by Gasteiger charge is 2.51. The highest BCUT2D eigenvalue weighted by Crippen LogP contribution is 2.30. The third kappa shape index (κ3) is 39.7. The summed E-state index contributed by atoms with van der Waals surface area (Å²) in [6.45, 7) is 2.64. The number of hydrogen-bond donors (Lipinski definition) is 9. The Balaban J connectivity index is 1.59. The van der Waals surface area contributed by atoms with Crippen LogP contribution in [0.25, 0.3) is 0 Å². The van der Waals surface area contributed by atoms with Gasteiger partial charge < -0.3 is 65.1 Å². The molecule has 0 bridgehead atoms. The average molecular weight is 1200 g/mol. The van der Waals surface area contributed by atoms with Crippen molar-refractivity contribution in [1.29, 1.82) is 0 Å². The first kappa shape index (κ1) is 78.3. The molecule has 12 unspecified atom stereocenters. The summed E-state index contributed by atoms with van der Waals surface area (Å²) < 4.78 is 22.8. The van der Waals surface area contributed by atoms with Crippen LogP contribution in [0.2, 0.25) is 0 Å². The van der Waals surface area contributed by atoms with Gasteiger partial charge in [-0.1, -0.05) is 259 Å². The van der Waals surface area contributed by atoms with E-state index < -0.39 is 86.8 Å². The van der Waals surface area contributed by atoms with Crippen LogP contribution in [-0.4, -0.2) is 140 Å². The smallest absolute Gasteiger partial charge is 0.220 e. The number of allylic oxidation sites excluding steroid dienone is 13. The minimum absolute atomic E-state index is 0.252. The number of rotatable bonds is 55. The first-order valence-electron chi connectivity index (χ1n) is 34.3. The Hall–Kier alpha value is -2.83. The van der Waals surface area contributed by atoms with Crippen molar-refractivity contribution >= 4 is 5.91 Å². The first-order chi connectivity index (χ1) is 41.6. The van der Waals surface area contributed by atoms with Crippen LogP contribution in [-0.2, 0) is 23.7 Å². The number of aliphatic hydroxyl groups is 8. The zero-order valence-electron chi connectivity index (χ0n) is 53.3. The molecule has 0 aromatic rings. The first-order valence-corrected chi connectivity index (χ1v) is 34.3. The number of carbonyl (C=O) groups is 1. The van der Waals surface area contributed by atoms with Gasteiger partial charge in [0.05, 0.1) is 32.0 Å². The minimum Gasteiger partial charge on any atom is -0.394 e. The Bertz CT molecular complexity index is 1750. The van der Waals surface area contributed by atoms with Gasteiger partial charge in [-0.3, -0.25) is 4.79 Å². The third-order valence-corrected chi connectivity index (χ3v) is 16.3. The van der Waals surface area contributed by atoms with E-state index in [2.05, 4.69) is 92.1 Å². The molecular formula is C71H125NO13. The molecule has 2 aliphatic rings. The number of carbonyl (C=O) groups excluding carboxylic acids is 1. The molecule has 0 spiro atoms. The molecule has 0 aliphatic carbocycles. The lowest BCUT2D eigenvalue weighted by molar-refractivity contribution is -0.359. The van der Waals surface area contributed by atoms with Crippen molar-refractivity contribution in [2.45, 2.75) is 338 Å². The van der Waals surface area contributed by atoms with E-state index in [-0.39, 0.29) is 18.9 Å². The quantitative estimate of drug-likeness (QED) is 0.0204. The Morgan fingerprint density at radius 3 is 1.29 bits per heavy atom. The molecule has 2 aliphatic heterocycles. The lowest BCUT2D eigenvalue weighted by Crippen LogP contribution is -2.65. The molecule has 14 heteroatoms. The maximum absolute atomic E-state index is 13.3. The molecule has 0 radical (unpaired) electrons. The van der Waals surface area contributed by atoms with Gasteiger partial charge >= 0.3 is 0 Å². The third-order valence-electron chi connectivity index (χ3n) is 16.3. The van der Waals surface area contributed by atoms with Crippen molar-refractivity contribution in [3.63, 3.8) is 0 Å². The standard InChI is InChI=1S/C71H125NO13/c1-3-5-7-9-11-13-15-17-19-20-21-22-23-24-25-26-27-28-29-30-31-32-33-34-35-36-37-38-39-40-41-43-45-47-49-51-53-55-63(76)72-59(60(75)54-52-50-48-46-44-42-18-16-14-12-10-8-6-4-2)58-82-70-68(81)66(79)69(62(57-74)84-70)85-71-67(80)65(78)64(77)61(56-73)83-71/h5,7,11,13-14,16-17,19,21-22,44,46,52,54,59-62,64-71,73-75,77-81H,3-4,6,8-10,12,15,18,20,23-43,45,47-51,53,55-58H2,1-2H3,(H,72,76)/b7-5-,13-11-,16-14+,19-17-,22-21-,46-44+,54-52+. The highest BCUT2D eigenvalue weighted by atomic mass is 16.7. The van der Waals surface area contributed by atoms with Crippen LogP contribution in [0.5, 0.6) is 0 Å². The summed E-state index contributed by atoms with van der Waals surface area (Å²) in [6, 6.07) is -0.939. The maximum Gasteiger partial charge on any atom is 0.220 e. The van der Waals surface area contributed by atoms with Gasteiger partial charge in [0, 0.05) is 6.42 Å². The number of hydrogen-bond acceptors (Lipinski definition) is 13. The molecule has 0 aromatic carbocycles. The van der Waals surface area contributed by atoms with Crippen LogP contribution in [0.15, 0.2) is 85.1 Å². The Morgan fingerprint density at radius 1 is 0.435 bits per heavy atom. The van der Waals surface area contributed by atoms with Crippen LogP contribution >= 0.6 is 0 Å². The molecule has 2 saturated heterocycles. The molecular weight excluding hydrogens is 1070 g/mol. The van der Waals surface area contributed by atoms with Crippen molar-refractivity contribution in [2.24, 2.45) is 0 Å². The minimum atomic E-state index is -1.79. The second-order valence-electron chi connectivity index (χ2n) is 23.9. The molecule has 14 nitrogen and oxygen atoms in total. The number of unbranched alkanes of at least 4 members (excludes halogenated alkanes) is 30. The van der Waals surface area contributed by atoms with E-state index in [0.717, 1.165) is 70.6 Å². The molecule has 1 amide bonds. The van der Waals surface area contributed by atoms with E-state index in [1.54, 1.807) is 6.08 Å². The van der Waals surface area contributed by atoms with E-state index in [9.17, 15) is 45.6 Å². The van der Waals surface area contributed by atoms with E-state index in [0.29, 0.717) is 12.8 Å². The summed E-state index contributed by atoms with van der Waals surface area (Å²) in [6.07, 6.45) is 59.5. The summed E-state index contributed by atoms with van der Waals surface area (Å²) in [4.78, 5) is 13.3. The van der Waals surface area contributed by atoms with Crippen LogP contribution in [0.1, 0.15) is 264 Å². The van der Waals surface area contributed by atoms with Crippen molar-refractivity contribution in [3.05, 3.63) is 85.1 Å². The fourth-order valence-electron chi connectivity index (χ4n) is 10.8. The molecule has 2 fully saturated rings. The molecule has 85 heavy (non-hydrogen) atoms. The van der Waals surface area contributed by atoms with Crippen LogP contribution in [0.4, 0.5) is 0 Å². The number of ether oxygens (including phenoxy) is 4. The van der Waals surface area contributed by atoms with E-state index in [4.69, 9.17) is 18.9 Å². The Labute approximate surface area is 516 Å². The zero-order chi connectivity index (χ0) is 61.6. The van der Waals surface area contributed by atoms with Crippen LogP contribution in [0, 0.1) is 0 Å². The largest absolute Gasteiger partial charge is 0.394 e. The predicted molar refractivity (Wildman–Crippen MR) is 346 cm³/mol. The summed E-state index contributed by atoms with van der Waals surface area (Å²) in [7, 11) is 0. The van der Waals surface area contributed by atoms with Gasteiger partial charge in [-0.25, -0.2) is 0 Å². The molecule has 492 valence electrons. The van der Waals surface area contributed by atoms with Gasteiger partial charge in [0.15, 0.2) is 12.6 Å². The van der Waals surface area contributed by atoms with Crippen LogP contribution in [0.3, 0.4) is 0 Å². The van der Waals surface area contributed by atoms with E-state index in [1.807, 2.05) is 6.08 Å². The van der Waals surface area contributed by atoms with Gasteiger partial charge in [-0.15, -0.1) is 0 Å². The lowest BCUT2D eigenvalue weighted by Gasteiger charge is -2.46. The Morgan fingerprint density at radius 2 is 0.824 bits per heavy atom. The fourth-order valence-corrected chi connectivity index (χ4v) is 10.8. The molecule has 0 aromatic heterocycles. The number of nitrogens with one attached hydrogen (secondary N) is 1. The van der Waals surface area contributed by atoms with E-state index in [1.165, 1.54) is 161 Å². The molecule has 9 N–H and O–H groups in total. The number of aliphatic hydroxyl groups excluding tert-OH is 8. The van der Waals surface area contributed by atoms with Crippen molar-refractivity contribution in [3.8, 4) is 0 Å². The topological polar surface area (TPSA) is 228 Å². The normalized spacial score (nSPS) is 24.1. The summed E-state index contributed by atoms with van der Waals surface area (Å²) in [5, 5.41) is 87.2. The predicted octanol–water partition coefficient (Wildman–Crippen LogP) is 13.6. The number of amides is 1. The van der Waals surface area contributed by atoms with Gasteiger partial charge in [0.25, 0.3) is 0 Å². The summed E-state index contributed by atoms with van der Waals surface area (Å²) in [5.41, 5.74) is 0. The summed E-state index contributed by atoms with van der Waals surface area (Å²) >= 11 is 0. The van der Waals surface area contributed by atoms with Crippen molar-refractivity contribution in [1.82, 2.24) is 5.32 Å².